The number of alkyl halides is 2. The lowest BCUT2D eigenvalue weighted by molar-refractivity contribution is 0.149. The maximum Gasteiger partial charge on any atom is 0.268 e. The molecular formula is C9H13BrF2N2. The van der Waals surface area contributed by atoms with Crippen molar-refractivity contribution in [2.45, 2.75) is 39.7 Å². The van der Waals surface area contributed by atoms with Gasteiger partial charge in [0.2, 0.25) is 0 Å². The molecule has 0 spiro atoms. The minimum Gasteiger partial charge on any atom is -0.252 e. The van der Waals surface area contributed by atoms with Crippen LogP contribution in [-0.4, -0.2) is 9.78 Å². The van der Waals surface area contributed by atoms with Gasteiger partial charge in [0.1, 0.15) is 4.60 Å². The predicted molar refractivity (Wildman–Crippen MR) is 54.6 cm³/mol. The van der Waals surface area contributed by atoms with Crippen LogP contribution in [0.15, 0.2) is 4.60 Å². The normalized spacial score (nSPS) is 12.6. The molecule has 80 valence electrons. The van der Waals surface area contributed by atoms with Gasteiger partial charge in [0, 0.05) is 0 Å². The van der Waals surface area contributed by atoms with E-state index in [1.54, 1.807) is 11.6 Å². The Morgan fingerprint density at radius 1 is 1.36 bits per heavy atom. The Labute approximate surface area is 90.4 Å². The molecule has 2 nitrogen and oxygen atoms in total. The second-order valence-corrected chi connectivity index (χ2v) is 4.92. The van der Waals surface area contributed by atoms with Crippen LogP contribution in [0.2, 0.25) is 0 Å². The predicted octanol–water partition coefficient (Wildman–Crippen LogP) is 3.65. The zero-order chi connectivity index (χ0) is 11.1. The van der Waals surface area contributed by atoms with Gasteiger partial charge in [-0.3, -0.25) is 4.68 Å². The van der Waals surface area contributed by atoms with Gasteiger partial charge in [-0.2, -0.15) is 5.10 Å². The van der Waals surface area contributed by atoms with E-state index in [1.807, 2.05) is 20.8 Å². The third-order valence-electron chi connectivity index (χ3n) is 1.90. The Kier molecular flexibility index (Phi) is 2.99. The van der Waals surface area contributed by atoms with Crippen molar-refractivity contribution in [3.8, 4) is 0 Å². The van der Waals surface area contributed by atoms with Gasteiger partial charge in [0.25, 0.3) is 6.43 Å². The number of aromatic nitrogens is 2. The van der Waals surface area contributed by atoms with E-state index in [2.05, 4.69) is 21.0 Å². The van der Waals surface area contributed by atoms with Gasteiger partial charge >= 0.3 is 0 Å². The van der Waals surface area contributed by atoms with Gasteiger partial charge in [0.05, 0.1) is 16.8 Å². The summed E-state index contributed by atoms with van der Waals surface area (Å²) in [5.41, 5.74) is 0.0678. The van der Waals surface area contributed by atoms with E-state index in [0.29, 0.717) is 10.3 Å². The average Bonchev–Trinajstić information content (AvgIpc) is 2.24. The quantitative estimate of drug-likeness (QED) is 0.759. The molecule has 5 heteroatoms. The highest BCUT2D eigenvalue weighted by molar-refractivity contribution is 9.10. The van der Waals surface area contributed by atoms with E-state index in [1.165, 1.54) is 0 Å². The lowest BCUT2D eigenvalue weighted by atomic mass is 10.1. The summed E-state index contributed by atoms with van der Waals surface area (Å²) in [6.07, 6.45) is -2.49. The summed E-state index contributed by atoms with van der Waals surface area (Å²) in [4.78, 5) is 0. The molecule has 0 bridgehead atoms. The zero-order valence-corrected chi connectivity index (χ0v) is 10.2. The Morgan fingerprint density at radius 2 is 1.86 bits per heavy atom. The monoisotopic (exact) mass is 266 g/mol. The lowest BCUT2D eigenvalue weighted by Crippen LogP contribution is -2.23. The van der Waals surface area contributed by atoms with Crippen molar-refractivity contribution < 1.29 is 8.78 Å². The number of halogens is 3. The second kappa shape index (κ2) is 3.61. The fourth-order valence-corrected chi connectivity index (χ4v) is 2.27. The van der Waals surface area contributed by atoms with Crippen LogP contribution in [-0.2, 0) is 5.54 Å². The first kappa shape index (κ1) is 11.6. The van der Waals surface area contributed by atoms with Crippen molar-refractivity contribution in [2.24, 2.45) is 0 Å². The molecule has 0 fully saturated rings. The summed E-state index contributed by atoms with van der Waals surface area (Å²) >= 11 is 3.16. The van der Waals surface area contributed by atoms with Crippen molar-refractivity contribution in [2.75, 3.05) is 0 Å². The molecule has 0 radical (unpaired) electrons. The summed E-state index contributed by atoms with van der Waals surface area (Å²) in [5.74, 6) is 0. The molecule has 1 aromatic heterocycles. The standard InChI is InChI=1S/C9H13BrF2N2/c1-5-6(8(11)12)7(10)14(13-5)9(2,3)4/h8H,1-4H3. The van der Waals surface area contributed by atoms with Crippen LogP contribution in [0.5, 0.6) is 0 Å². The highest BCUT2D eigenvalue weighted by atomic mass is 79.9. The van der Waals surface area contributed by atoms with Crippen molar-refractivity contribution >= 4 is 15.9 Å². The van der Waals surface area contributed by atoms with Crippen molar-refractivity contribution in [1.29, 1.82) is 0 Å². The van der Waals surface area contributed by atoms with Gasteiger partial charge in [-0.1, -0.05) is 0 Å². The van der Waals surface area contributed by atoms with Crippen LogP contribution in [0.25, 0.3) is 0 Å². The third-order valence-corrected chi connectivity index (χ3v) is 2.66. The number of hydrogen-bond acceptors (Lipinski definition) is 1. The summed E-state index contributed by atoms with van der Waals surface area (Å²) in [6, 6.07) is 0. The molecule has 0 atom stereocenters. The molecule has 0 N–H and O–H groups in total. The Bertz CT molecular complexity index is 339. The summed E-state index contributed by atoms with van der Waals surface area (Å²) in [5, 5.41) is 4.09. The van der Waals surface area contributed by atoms with Crippen LogP contribution < -0.4 is 0 Å². The lowest BCUT2D eigenvalue weighted by Gasteiger charge is -2.20. The second-order valence-electron chi connectivity index (χ2n) is 4.17. The molecule has 14 heavy (non-hydrogen) atoms. The van der Waals surface area contributed by atoms with Crippen LogP contribution in [0.4, 0.5) is 8.78 Å². The molecule has 0 aliphatic carbocycles. The first-order valence-electron chi connectivity index (χ1n) is 4.28. The number of nitrogens with zero attached hydrogens (tertiary/aromatic N) is 2. The van der Waals surface area contributed by atoms with E-state index in [4.69, 9.17) is 0 Å². The third kappa shape index (κ3) is 1.97. The largest absolute Gasteiger partial charge is 0.268 e. The van der Waals surface area contributed by atoms with E-state index in [9.17, 15) is 8.78 Å². The van der Waals surface area contributed by atoms with Gasteiger partial charge in [0.15, 0.2) is 0 Å². The number of hydrogen-bond donors (Lipinski definition) is 0. The summed E-state index contributed by atoms with van der Waals surface area (Å²) in [7, 11) is 0. The van der Waals surface area contributed by atoms with Crippen LogP contribution in [0.1, 0.15) is 38.5 Å². The van der Waals surface area contributed by atoms with E-state index < -0.39 is 6.43 Å². The maximum atomic E-state index is 12.6. The molecule has 0 aliphatic heterocycles. The summed E-state index contributed by atoms with van der Waals surface area (Å²) in [6.45, 7) is 7.34. The number of aryl methyl sites for hydroxylation is 1. The van der Waals surface area contributed by atoms with E-state index in [0.717, 1.165) is 0 Å². The van der Waals surface area contributed by atoms with Gasteiger partial charge < -0.3 is 0 Å². The van der Waals surface area contributed by atoms with Gasteiger partial charge in [-0.15, -0.1) is 0 Å². The highest BCUT2D eigenvalue weighted by Crippen LogP contribution is 2.33. The van der Waals surface area contributed by atoms with Crippen molar-refractivity contribution in [3.63, 3.8) is 0 Å². The SMILES string of the molecule is Cc1nn(C(C)(C)C)c(Br)c1C(F)F. The number of rotatable bonds is 1. The van der Waals surface area contributed by atoms with Crippen LogP contribution in [0.3, 0.4) is 0 Å². The van der Waals surface area contributed by atoms with Gasteiger partial charge in [-0.05, 0) is 43.6 Å². The molecule has 1 aromatic rings. The van der Waals surface area contributed by atoms with E-state index in [-0.39, 0.29) is 11.1 Å². The van der Waals surface area contributed by atoms with Crippen molar-refractivity contribution in [3.05, 3.63) is 15.9 Å². The Balaban J connectivity index is 3.31. The minimum absolute atomic E-state index is 0.0140. The highest BCUT2D eigenvalue weighted by Gasteiger charge is 2.26. The van der Waals surface area contributed by atoms with Crippen LogP contribution >= 0.6 is 15.9 Å². The zero-order valence-electron chi connectivity index (χ0n) is 8.61. The average molecular weight is 267 g/mol. The molecule has 0 unspecified atom stereocenters. The topological polar surface area (TPSA) is 17.8 Å². The first-order valence-corrected chi connectivity index (χ1v) is 5.08. The molecule has 0 saturated heterocycles. The first-order chi connectivity index (χ1) is 6.25. The molecule has 0 saturated carbocycles. The van der Waals surface area contributed by atoms with Crippen LogP contribution in [0, 0.1) is 6.92 Å². The molecule has 0 aliphatic rings. The van der Waals surface area contributed by atoms with Crippen molar-refractivity contribution in [1.82, 2.24) is 9.78 Å². The molecular weight excluding hydrogens is 254 g/mol. The summed E-state index contributed by atoms with van der Waals surface area (Å²) < 4.78 is 27.2. The Morgan fingerprint density at radius 3 is 2.07 bits per heavy atom. The Hall–Kier alpha value is -0.450. The fourth-order valence-electron chi connectivity index (χ4n) is 1.20. The molecule has 1 rings (SSSR count). The minimum atomic E-state index is -2.49. The molecule has 1 heterocycles. The van der Waals surface area contributed by atoms with Gasteiger partial charge in [-0.25, -0.2) is 8.78 Å². The smallest absolute Gasteiger partial charge is 0.252 e. The maximum absolute atomic E-state index is 12.6. The molecule has 0 aromatic carbocycles. The fraction of sp³-hybridized carbons (Fsp3) is 0.667. The van der Waals surface area contributed by atoms with E-state index >= 15 is 0 Å². The molecule has 0 amide bonds.